The van der Waals surface area contributed by atoms with Gasteiger partial charge in [-0.3, -0.25) is 0 Å². The first kappa shape index (κ1) is 13.3. The van der Waals surface area contributed by atoms with Gasteiger partial charge in [0.15, 0.2) is 0 Å². The Morgan fingerprint density at radius 2 is 2.28 bits per heavy atom. The Hall–Kier alpha value is -1.13. The van der Waals surface area contributed by atoms with Gasteiger partial charge in [-0.15, -0.1) is 0 Å². The van der Waals surface area contributed by atoms with Crippen LogP contribution in [0.5, 0.6) is 5.75 Å². The van der Waals surface area contributed by atoms with Crippen LogP contribution in [0.1, 0.15) is 19.8 Å². The van der Waals surface area contributed by atoms with Gasteiger partial charge >= 0.3 is 0 Å². The van der Waals surface area contributed by atoms with E-state index in [2.05, 4.69) is 12.2 Å². The number of halogens is 1. The highest BCUT2D eigenvalue weighted by Gasteiger charge is 2.42. The standard InChI is InChI=1S/C14H20FNO2/c1-3-7-16-12-9-13(14(12)17-2)18-11-6-4-5-10(15)8-11/h4-6,8,12-14,16H,3,7,9H2,1-2H3. The highest BCUT2D eigenvalue weighted by Crippen LogP contribution is 2.29. The molecule has 0 radical (unpaired) electrons. The third-order valence-corrected chi connectivity index (χ3v) is 3.26. The Morgan fingerprint density at radius 3 is 2.94 bits per heavy atom. The lowest BCUT2D eigenvalue weighted by Gasteiger charge is -2.43. The normalized spacial score (nSPS) is 26.7. The summed E-state index contributed by atoms with van der Waals surface area (Å²) in [5.74, 6) is 0.289. The molecule has 0 aliphatic heterocycles. The average molecular weight is 253 g/mol. The number of methoxy groups -OCH3 is 1. The predicted octanol–water partition coefficient (Wildman–Crippen LogP) is 2.36. The number of hydrogen-bond donors (Lipinski definition) is 1. The summed E-state index contributed by atoms with van der Waals surface area (Å²) >= 11 is 0. The molecule has 1 aliphatic carbocycles. The van der Waals surface area contributed by atoms with Gasteiger partial charge < -0.3 is 14.8 Å². The van der Waals surface area contributed by atoms with Crippen molar-refractivity contribution in [3.63, 3.8) is 0 Å². The van der Waals surface area contributed by atoms with Crippen LogP contribution in [-0.4, -0.2) is 31.9 Å². The summed E-state index contributed by atoms with van der Waals surface area (Å²) in [6.07, 6.45) is 2.04. The average Bonchev–Trinajstić information content (AvgIpc) is 2.33. The van der Waals surface area contributed by atoms with Crippen molar-refractivity contribution >= 4 is 0 Å². The monoisotopic (exact) mass is 253 g/mol. The van der Waals surface area contributed by atoms with Crippen molar-refractivity contribution in [1.29, 1.82) is 0 Å². The summed E-state index contributed by atoms with van der Waals surface area (Å²) in [7, 11) is 1.69. The molecule has 1 aromatic carbocycles. The van der Waals surface area contributed by atoms with Crippen molar-refractivity contribution in [2.45, 2.75) is 38.0 Å². The lowest BCUT2D eigenvalue weighted by Crippen LogP contribution is -2.61. The second kappa shape index (κ2) is 6.16. The van der Waals surface area contributed by atoms with Crippen LogP contribution in [0.25, 0.3) is 0 Å². The quantitative estimate of drug-likeness (QED) is 0.844. The van der Waals surface area contributed by atoms with E-state index < -0.39 is 0 Å². The van der Waals surface area contributed by atoms with E-state index in [0.717, 1.165) is 19.4 Å². The summed E-state index contributed by atoms with van der Waals surface area (Å²) in [5.41, 5.74) is 0. The third-order valence-electron chi connectivity index (χ3n) is 3.26. The number of benzene rings is 1. The van der Waals surface area contributed by atoms with E-state index in [4.69, 9.17) is 9.47 Å². The van der Waals surface area contributed by atoms with Crippen molar-refractivity contribution in [3.05, 3.63) is 30.1 Å². The lowest BCUT2D eigenvalue weighted by molar-refractivity contribution is -0.0887. The van der Waals surface area contributed by atoms with E-state index in [1.54, 1.807) is 19.2 Å². The minimum Gasteiger partial charge on any atom is -0.487 e. The third kappa shape index (κ3) is 3.00. The van der Waals surface area contributed by atoms with Gasteiger partial charge in [0.2, 0.25) is 0 Å². The Balaban J connectivity index is 1.88. The molecule has 1 N–H and O–H groups in total. The molecule has 1 fully saturated rings. The summed E-state index contributed by atoms with van der Waals surface area (Å²) in [6.45, 7) is 3.12. The molecule has 1 saturated carbocycles. The van der Waals surface area contributed by atoms with E-state index in [1.807, 2.05) is 0 Å². The van der Waals surface area contributed by atoms with E-state index in [0.29, 0.717) is 11.8 Å². The second-order valence-corrected chi connectivity index (χ2v) is 4.61. The fourth-order valence-corrected chi connectivity index (χ4v) is 2.26. The molecule has 1 aliphatic rings. The van der Waals surface area contributed by atoms with Crippen LogP contribution in [0.2, 0.25) is 0 Å². The van der Waals surface area contributed by atoms with Crippen LogP contribution < -0.4 is 10.1 Å². The highest BCUT2D eigenvalue weighted by atomic mass is 19.1. The zero-order valence-corrected chi connectivity index (χ0v) is 10.9. The van der Waals surface area contributed by atoms with E-state index in [9.17, 15) is 4.39 Å². The van der Waals surface area contributed by atoms with Crippen LogP contribution in [-0.2, 0) is 4.74 Å². The first-order valence-electron chi connectivity index (χ1n) is 6.43. The van der Waals surface area contributed by atoms with E-state index in [1.165, 1.54) is 12.1 Å². The molecule has 4 heteroatoms. The van der Waals surface area contributed by atoms with E-state index >= 15 is 0 Å². The van der Waals surface area contributed by atoms with Crippen molar-refractivity contribution in [2.24, 2.45) is 0 Å². The Kier molecular flexibility index (Phi) is 4.55. The molecule has 100 valence electrons. The van der Waals surface area contributed by atoms with Gasteiger partial charge in [-0.2, -0.15) is 0 Å². The topological polar surface area (TPSA) is 30.5 Å². The fourth-order valence-electron chi connectivity index (χ4n) is 2.26. The molecule has 0 spiro atoms. The molecule has 18 heavy (non-hydrogen) atoms. The molecular weight excluding hydrogens is 233 g/mol. The number of hydrogen-bond acceptors (Lipinski definition) is 3. The van der Waals surface area contributed by atoms with Gasteiger partial charge in [-0.1, -0.05) is 13.0 Å². The summed E-state index contributed by atoms with van der Waals surface area (Å²) in [6, 6.07) is 6.57. The molecular formula is C14H20FNO2. The smallest absolute Gasteiger partial charge is 0.128 e. The maximum Gasteiger partial charge on any atom is 0.128 e. The maximum absolute atomic E-state index is 13.0. The SMILES string of the molecule is CCCNC1CC(Oc2cccc(F)c2)C1OC. The molecule has 3 unspecified atom stereocenters. The minimum atomic E-state index is -0.276. The van der Waals surface area contributed by atoms with Crippen molar-refractivity contribution in [2.75, 3.05) is 13.7 Å². The van der Waals surface area contributed by atoms with Crippen LogP contribution in [0.15, 0.2) is 24.3 Å². The molecule has 2 rings (SSSR count). The molecule has 3 atom stereocenters. The number of nitrogens with one attached hydrogen (secondary N) is 1. The zero-order chi connectivity index (χ0) is 13.0. The Bertz CT molecular complexity index is 386. The molecule has 3 nitrogen and oxygen atoms in total. The van der Waals surface area contributed by atoms with Crippen LogP contribution in [0, 0.1) is 5.82 Å². The first-order chi connectivity index (χ1) is 8.74. The van der Waals surface area contributed by atoms with Crippen molar-refractivity contribution < 1.29 is 13.9 Å². The fraction of sp³-hybridized carbons (Fsp3) is 0.571. The van der Waals surface area contributed by atoms with Gasteiger partial charge in [-0.25, -0.2) is 4.39 Å². The van der Waals surface area contributed by atoms with E-state index in [-0.39, 0.29) is 18.0 Å². The zero-order valence-electron chi connectivity index (χ0n) is 10.9. The largest absolute Gasteiger partial charge is 0.487 e. The van der Waals surface area contributed by atoms with Crippen LogP contribution in [0.3, 0.4) is 0 Å². The molecule has 0 bridgehead atoms. The lowest BCUT2D eigenvalue weighted by atomic mass is 9.85. The van der Waals surface area contributed by atoms with Gasteiger partial charge in [0.25, 0.3) is 0 Å². The Labute approximate surface area is 107 Å². The summed E-state index contributed by atoms with van der Waals surface area (Å²) < 4.78 is 24.2. The summed E-state index contributed by atoms with van der Waals surface area (Å²) in [4.78, 5) is 0. The first-order valence-corrected chi connectivity index (χ1v) is 6.43. The highest BCUT2D eigenvalue weighted by molar-refractivity contribution is 5.23. The molecule has 0 saturated heterocycles. The molecule has 1 aromatic rings. The van der Waals surface area contributed by atoms with Crippen LogP contribution >= 0.6 is 0 Å². The van der Waals surface area contributed by atoms with Crippen LogP contribution in [0.4, 0.5) is 4.39 Å². The van der Waals surface area contributed by atoms with Gasteiger partial charge in [0.05, 0.1) is 0 Å². The predicted molar refractivity (Wildman–Crippen MR) is 68.3 cm³/mol. The number of ether oxygens (including phenoxy) is 2. The van der Waals surface area contributed by atoms with Crippen molar-refractivity contribution in [1.82, 2.24) is 5.32 Å². The molecule has 0 heterocycles. The second-order valence-electron chi connectivity index (χ2n) is 4.61. The maximum atomic E-state index is 13.0. The minimum absolute atomic E-state index is 0.00570. The number of rotatable bonds is 6. The Morgan fingerprint density at radius 1 is 1.44 bits per heavy atom. The summed E-state index contributed by atoms with van der Waals surface area (Å²) in [5, 5.41) is 3.42. The van der Waals surface area contributed by atoms with Gasteiger partial charge in [0, 0.05) is 25.6 Å². The molecule has 0 aromatic heterocycles. The molecule has 0 amide bonds. The van der Waals surface area contributed by atoms with Gasteiger partial charge in [0.1, 0.15) is 23.8 Å². The van der Waals surface area contributed by atoms with Gasteiger partial charge in [-0.05, 0) is 25.1 Å². The van der Waals surface area contributed by atoms with Crippen molar-refractivity contribution in [3.8, 4) is 5.75 Å².